The predicted molar refractivity (Wildman–Crippen MR) is 114 cm³/mol. The summed E-state index contributed by atoms with van der Waals surface area (Å²) >= 11 is 0. The highest BCUT2D eigenvalue weighted by Gasteiger charge is 2.47. The maximum atomic E-state index is 4.35. The lowest BCUT2D eigenvalue weighted by Gasteiger charge is -2.55. The molecule has 0 aromatic carbocycles. The van der Waals surface area contributed by atoms with Gasteiger partial charge >= 0.3 is 0 Å². The molecule has 0 radical (unpaired) electrons. The van der Waals surface area contributed by atoms with Gasteiger partial charge in [0.1, 0.15) is 0 Å². The molecule has 3 saturated carbocycles. The number of piperidine rings is 2. The van der Waals surface area contributed by atoms with Gasteiger partial charge in [-0.25, -0.2) is 0 Å². The van der Waals surface area contributed by atoms with Crippen LogP contribution in [0.3, 0.4) is 0 Å². The van der Waals surface area contributed by atoms with Crippen molar-refractivity contribution in [1.82, 2.24) is 10.6 Å². The van der Waals surface area contributed by atoms with Gasteiger partial charge in [0.25, 0.3) is 0 Å². The summed E-state index contributed by atoms with van der Waals surface area (Å²) in [4.78, 5) is 0. The van der Waals surface area contributed by atoms with Crippen LogP contribution in [0.15, 0.2) is 0 Å². The second kappa shape index (κ2) is 7.98. The van der Waals surface area contributed by atoms with E-state index in [0.717, 1.165) is 59.7 Å². The van der Waals surface area contributed by atoms with E-state index in [0.29, 0.717) is 0 Å². The molecular formula is C25H44N2. The molecule has 9 unspecified atom stereocenters. The number of rotatable bonds is 2. The molecule has 5 fully saturated rings. The van der Waals surface area contributed by atoms with Crippen LogP contribution in [0.25, 0.3) is 0 Å². The van der Waals surface area contributed by atoms with E-state index in [9.17, 15) is 0 Å². The first-order valence-corrected chi connectivity index (χ1v) is 12.7. The fourth-order valence-electron chi connectivity index (χ4n) is 8.30. The molecule has 0 aromatic heterocycles. The molecule has 2 heteroatoms. The maximum Gasteiger partial charge on any atom is 0.0254 e. The Bertz CT molecular complexity index is 501. The number of hydrogen-bond donors (Lipinski definition) is 2. The first-order chi connectivity index (χ1) is 13.2. The van der Waals surface area contributed by atoms with Crippen molar-refractivity contribution in [1.29, 1.82) is 0 Å². The van der Waals surface area contributed by atoms with E-state index in [2.05, 4.69) is 24.5 Å². The lowest BCUT2D eigenvalue weighted by Crippen LogP contribution is -2.67. The highest BCUT2D eigenvalue weighted by Crippen LogP contribution is 2.48. The Morgan fingerprint density at radius 3 is 2.00 bits per heavy atom. The van der Waals surface area contributed by atoms with Crippen LogP contribution in [-0.4, -0.2) is 24.2 Å². The first-order valence-electron chi connectivity index (χ1n) is 12.7. The highest BCUT2D eigenvalue weighted by molar-refractivity contribution is 5.05. The molecule has 27 heavy (non-hydrogen) atoms. The summed E-state index contributed by atoms with van der Waals surface area (Å²) in [6, 6.07) is 3.12. The Balaban J connectivity index is 1.30. The van der Waals surface area contributed by atoms with E-state index in [1.54, 1.807) is 19.3 Å². The summed E-state index contributed by atoms with van der Waals surface area (Å²) in [5, 5.41) is 8.53. The zero-order chi connectivity index (χ0) is 18.4. The van der Waals surface area contributed by atoms with Gasteiger partial charge in [-0.2, -0.15) is 0 Å². The summed E-state index contributed by atoms with van der Waals surface area (Å²) in [6.07, 6.45) is 19.5. The Kier molecular flexibility index (Phi) is 5.59. The van der Waals surface area contributed by atoms with Crippen LogP contribution in [-0.2, 0) is 0 Å². The zero-order valence-corrected chi connectivity index (χ0v) is 18.0. The molecule has 2 aliphatic heterocycles. The van der Waals surface area contributed by atoms with E-state index in [1.807, 2.05) is 0 Å². The van der Waals surface area contributed by atoms with Crippen molar-refractivity contribution >= 4 is 0 Å². The van der Waals surface area contributed by atoms with Gasteiger partial charge in [-0.15, -0.1) is 0 Å². The molecule has 0 amide bonds. The number of fused-ring (bicyclic) bond motifs is 4. The normalized spacial score (nSPS) is 50.6. The molecule has 3 aliphatic carbocycles. The van der Waals surface area contributed by atoms with Gasteiger partial charge < -0.3 is 10.6 Å². The van der Waals surface area contributed by atoms with Crippen molar-refractivity contribution < 1.29 is 0 Å². The molecular weight excluding hydrogens is 328 g/mol. The number of nitrogens with one attached hydrogen (secondary N) is 2. The smallest absolute Gasteiger partial charge is 0.0254 e. The van der Waals surface area contributed by atoms with E-state index >= 15 is 0 Å². The van der Waals surface area contributed by atoms with Crippen LogP contribution in [0.4, 0.5) is 0 Å². The van der Waals surface area contributed by atoms with Gasteiger partial charge in [-0.3, -0.25) is 0 Å². The Labute approximate surface area is 168 Å². The van der Waals surface area contributed by atoms with Crippen LogP contribution in [0.2, 0.25) is 0 Å². The lowest BCUT2D eigenvalue weighted by molar-refractivity contribution is 0.0156. The Morgan fingerprint density at radius 2 is 1.19 bits per heavy atom. The minimum Gasteiger partial charge on any atom is -0.309 e. The summed E-state index contributed by atoms with van der Waals surface area (Å²) in [7, 11) is 0. The molecule has 9 atom stereocenters. The third kappa shape index (κ3) is 3.63. The van der Waals surface area contributed by atoms with Crippen molar-refractivity contribution in [2.45, 2.75) is 121 Å². The van der Waals surface area contributed by atoms with Gasteiger partial charge in [0.05, 0.1) is 0 Å². The second-order valence-corrected chi connectivity index (χ2v) is 11.4. The van der Waals surface area contributed by atoms with E-state index in [-0.39, 0.29) is 0 Å². The van der Waals surface area contributed by atoms with E-state index in [1.165, 1.54) is 64.2 Å². The SMILES string of the molecule is CC(C)C1CCC2CCC3CCC(C4CCCC5CCCCC54)NC3C2N1. The van der Waals surface area contributed by atoms with Crippen LogP contribution >= 0.6 is 0 Å². The summed E-state index contributed by atoms with van der Waals surface area (Å²) in [6.45, 7) is 4.83. The molecule has 2 heterocycles. The van der Waals surface area contributed by atoms with Crippen LogP contribution in [0.5, 0.6) is 0 Å². The number of hydrogen-bond acceptors (Lipinski definition) is 2. The molecule has 2 saturated heterocycles. The fourth-order valence-corrected chi connectivity index (χ4v) is 8.30. The van der Waals surface area contributed by atoms with E-state index in [4.69, 9.17) is 0 Å². The standard InChI is InChI=1S/C25H44N2/c1-16(2)22-14-12-18-10-11-19-13-15-23(27-25(19)24(18)26-22)21-9-5-7-17-6-3-4-8-20(17)21/h16-27H,3-15H2,1-2H3. The largest absolute Gasteiger partial charge is 0.309 e. The fraction of sp³-hybridized carbons (Fsp3) is 1.00. The van der Waals surface area contributed by atoms with Crippen LogP contribution < -0.4 is 10.6 Å². The molecule has 5 rings (SSSR count). The molecule has 2 N–H and O–H groups in total. The molecule has 2 nitrogen and oxygen atoms in total. The minimum atomic E-state index is 0.754. The van der Waals surface area contributed by atoms with Crippen molar-refractivity contribution in [3.8, 4) is 0 Å². The third-order valence-electron chi connectivity index (χ3n) is 9.77. The van der Waals surface area contributed by atoms with Crippen molar-refractivity contribution in [2.75, 3.05) is 0 Å². The topological polar surface area (TPSA) is 24.1 Å². The average molecular weight is 373 g/mol. The second-order valence-electron chi connectivity index (χ2n) is 11.4. The predicted octanol–water partition coefficient (Wildman–Crippen LogP) is 5.52. The van der Waals surface area contributed by atoms with Crippen LogP contribution in [0, 0.1) is 35.5 Å². The maximum absolute atomic E-state index is 4.35. The Hall–Kier alpha value is -0.0800. The van der Waals surface area contributed by atoms with Gasteiger partial charge in [0.15, 0.2) is 0 Å². The highest BCUT2D eigenvalue weighted by atomic mass is 15.1. The minimum absolute atomic E-state index is 0.754. The molecule has 154 valence electrons. The lowest BCUT2D eigenvalue weighted by atomic mass is 9.60. The molecule has 0 aromatic rings. The average Bonchev–Trinajstić information content (AvgIpc) is 2.72. The van der Waals surface area contributed by atoms with Gasteiger partial charge in [-0.05, 0) is 86.9 Å². The summed E-state index contributed by atoms with van der Waals surface area (Å²) < 4.78 is 0. The van der Waals surface area contributed by atoms with Crippen molar-refractivity contribution in [3.63, 3.8) is 0 Å². The van der Waals surface area contributed by atoms with Gasteiger partial charge in [0, 0.05) is 24.2 Å². The van der Waals surface area contributed by atoms with Crippen molar-refractivity contribution in [3.05, 3.63) is 0 Å². The molecule has 5 aliphatic rings. The van der Waals surface area contributed by atoms with Crippen LogP contribution in [0.1, 0.15) is 97.3 Å². The third-order valence-corrected chi connectivity index (χ3v) is 9.77. The van der Waals surface area contributed by atoms with Gasteiger partial charge in [-0.1, -0.05) is 46.0 Å². The molecule has 0 spiro atoms. The van der Waals surface area contributed by atoms with Crippen molar-refractivity contribution in [2.24, 2.45) is 35.5 Å². The zero-order valence-electron chi connectivity index (χ0n) is 18.0. The quantitative estimate of drug-likeness (QED) is 0.667. The first kappa shape index (κ1) is 18.9. The molecule has 0 bridgehead atoms. The van der Waals surface area contributed by atoms with E-state index < -0.39 is 0 Å². The monoisotopic (exact) mass is 372 g/mol. The summed E-state index contributed by atoms with van der Waals surface area (Å²) in [5.74, 6) is 5.81. The van der Waals surface area contributed by atoms with Gasteiger partial charge in [0.2, 0.25) is 0 Å². The Morgan fingerprint density at radius 1 is 0.556 bits per heavy atom. The summed E-state index contributed by atoms with van der Waals surface area (Å²) in [5.41, 5.74) is 0.